The Labute approximate surface area is 141 Å². The summed E-state index contributed by atoms with van der Waals surface area (Å²) in [6.45, 7) is 6.46. The number of allylic oxidation sites excluding steroid dienone is 4. The topological polar surface area (TPSA) is 115 Å². The molecule has 7 nitrogen and oxygen atoms in total. The molecular weight excluding hydrogens is 310 g/mol. The van der Waals surface area contributed by atoms with E-state index in [1.807, 2.05) is 18.2 Å². The average molecular weight is 333 g/mol. The Morgan fingerprint density at radius 2 is 1.96 bits per heavy atom. The zero-order valence-electron chi connectivity index (χ0n) is 14.3. The monoisotopic (exact) mass is 333 g/mol. The number of hydrogen-bond acceptors (Lipinski definition) is 6. The SMILES string of the molecule is CC(=O)O.CC(C)(C)OC(=O)c1ncc(C2C=CC=CC2)nc1N. The van der Waals surface area contributed by atoms with Crippen molar-refractivity contribution >= 4 is 17.8 Å². The molecular formula is C17H23N3O4. The van der Waals surface area contributed by atoms with Gasteiger partial charge in [0.25, 0.3) is 5.97 Å². The number of nitrogens with two attached hydrogens (primary N) is 1. The Balaban J connectivity index is 0.000000648. The van der Waals surface area contributed by atoms with E-state index in [1.54, 1.807) is 27.0 Å². The first-order valence-electron chi connectivity index (χ1n) is 7.48. The summed E-state index contributed by atoms with van der Waals surface area (Å²) in [5, 5.41) is 7.42. The summed E-state index contributed by atoms with van der Waals surface area (Å²) in [5.41, 5.74) is 6.08. The van der Waals surface area contributed by atoms with Gasteiger partial charge < -0.3 is 15.6 Å². The van der Waals surface area contributed by atoms with Gasteiger partial charge in [-0.2, -0.15) is 0 Å². The molecule has 1 unspecified atom stereocenters. The molecule has 0 fully saturated rings. The van der Waals surface area contributed by atoms with Gasteiger partial charge in [-0.25, -0.2) is 14.8 Å². The zero-order valence-corrected chi connectivity index (χ0v) is 14.3. The second-order valence-corrected chi connectivity index (χ2v) is 6.20. The standard InChI is InChI=1S/C15H19N3O2.C2H4O2/c1-15(2,3)20-14(19)12-13(16)18-11(9-17-12)10-7-5-4-6-8-10;1-2(3)4/h4-7,9-10H,8H2,1-3H3,(H2,16,18);1H3,(H,3,4). The summed E-state index contributed by atoms with van der Waals surface area (Å²) in [6.07, 6.45) is 10.5. The maximum atomic E-state index is 11.9. The number of nitrogens with zero attached hydrogens (tertiary/aromatic N) is 2. The third-order valence-corrected chi connectivity index (χ3v) is 2.77. The van der Waals surface area contributed by atoms with Crippen LogP contribution >= 0.6 is 0 Å². The van der Waals surface area contributed by atoms with Crippen molar-refractivity contribution in [3.63, 3.8) is 0 Å². The number of ether oxygens (including phenoxy) is 1. The molecule has 24 heavy (non-hydrogen) atoms. The van der Waals surface area contributed by atoms with Crippen LogP contribution in [-0.2, 0) is 9.53 Å². The molecule has 1 aliphatic rings. The van der Waals surface area contributed by atoms with Crippen LogP contribution < -0.4 is 5.73 Å². The highest BCUT2D eigenvalue weighted by Gasteiger charge is 2.22. The molecule has 1 aliphatic carbocycles. The van der Waals surface area contributed by atoms with Gasteiger partial charge in [-0.15, -0.1) is 0 Å². The fourth-order valence-electron chi connectivity index (χ4n) is 1.88. The van der Waals surface area contributed by atoms with Crippen LogP contribution in [0, 0.1) is 0 Å². The molecule has 0 saturated heterocycles. The first-order valence-corrected chi connectivity index (χ1v) is 7.48. The van der Waals surface area contributed by atoms with Crippen molar-refractivity contribution in [3.05, 3.63) is 41.9 Å². The van der Waals surface area contributed by atoms with Crippen LogP contribution in [0.1, 0.15) is 56.2 Å². The van der Waals surface area contributed by atoms with Gasteiger partial charge in [0.15, 0.2) is 11.5 Å². The van der Waals surface area contributed by atoms with Crippen molar-refractivity contribution < 1.29 is 19.4 Å². The Morgan fingerprint density at radius 1 is 1.33 bits per heavy atom. The van der Waals surface area contributed by atoms with E-state index in [-0.39, 0.29) is 17.4 Å². The lowest BCUT2D eigenvalue weighted by molar-refractivity contribution is -0.134. The van der Waals surface area contributed by atoms with E-state index < -0.39 is 17.5 Å². The molecule has 1 aromatic heterocycles. The van der Waals surface area contributed by atoms with E-state index >= 15 is 0 Å². The third kappa shape index (κ3) is 6.60. The van der Waals surface area contributed by atoms with Crippen molar-refractivity contribution in [2.75, 3.05) is 5.73 Å². The number of esters is 1. The van der Waals surface area contributed by atoms with E-state index in [1.165, 1.54) is 0 Å². The number of rotatable bonds is 2. The molecule has 0 spiro atoms. The minimum atomic E-state index is -0.833. The number of nitrogen functional groups attached to an aromatic ring is 1. The van der Waals surface area contributed by atoms with Gasteiger partial charge in [-0.3, -0.25) is 4.79 Å². The molecule has 0 radical (unpaired) electrons. The van der Waals surface area contributed by atoms with Crippen molar-refractivity contribution in [1.82, 2.24) is 9.97 Å². The highest BCUT2D eigenvalue weighted by molar-refractivity contribution is 5.92. The summed E-state index contributed by atoms with van der Waals surface area (Å²) in [7, 11) is 0. The lowest BCUT2D eigenvalue weighted by Gasteiger charge is -2.19. The quantitative estimate of drug-likeness (QED) is 0.799. The van der Waals surface area contributed by atoms with Gasteiger partial charge in [-0.1, -0.05) is 24.3 Å². The molecule has 2 rings (SSSR count). The summed E-state index contributed by atoms with van der Waals surface area (Å²) in [6, 6.07) is 0. The molecule has 1 heterocycles. The van der Waals surface area contributed by atoms with E-state index in [2.05, 4.69) is 16.0 Å². The fourth-order valence-corrected chi connectivity index (χ4v) is 1.88. The molecule has 0 aromatic carbocycles. The van der Waals surface area contributed by atoms with E-state index in [0.717, 1.165) is 19.0 Å². The van der Waals surface area contributed by atoms with Crippen molar-refractivity contribution in [2.24, 2.45) is 0 Å². The van der Waals surface area contributed by atoms with Gasteiger partial charge in [0.2, 0.25) is 0 Å². The van der Waals surface area contributed by atoms with Crippen molar-refractivity contribution in [2.45, 2.75) is 45.6 Å². The number of carbonyl (C=O) groups excluding carboxylic acids is 1. The summed E-state index contributed by atoms with van der Waals surface area (Å²) in [4.78, 5) is 29.3. The second kappa shape index (κ2) is 8.24. The number of carboxylic acid groups (broad SMARTS) is 1. The number of aromatic nitrogens is 2. The van der Waals surface area contributed by atoms with Crippen LogP contribution in [0.25, 0.3) is 0 Å². The number of aliphatic carboxylic acids is 1. The molecule has 130 valence electrons. The minimum Gasteiger partial charge on any atom is -0.481 e. The number of carbonyl (C=O) groups is 2. The van der Waals surface area contributed by atoms with Crippen LogP contribution in [0.3, 0.4) is 0 Å². The summed E-state index contributed by atoms with van der Waals surface area (Å²) < 4.78 is 5.24. The van der Waals surface area contributed by atoms with E-state index in [0.29, 0.717) is 0 Å². The highest BCUT2D eigenvalue weighted by Crippen LogP contribution is 2.24. The molecule has 1 aromatic rings. The Hall–Kier alpha value is -2.70. The highest BCUT2D eigenvalue weighted by atomic mass is 16.6. The largest absolute Gasteiger partial charge is 0.481 e. The first-order chi connectivity index (χ1) is 11.1. The molecule has 7 heteroatoms. The lowest BCUT2D eigenvalue weighted by Crippen LogP contribution is -2.25. The zero-order chi connectivity index (χ0) is 18.3. The molecule has 3 N–H and O–H groups in total. The Morgan fingerprint density at radius 3 is 2.42 bits per heavy atom. The first kappa shape index (κ1) is 19.3. The fraction of sp³-hybridized carbons (Fsp3) is 0.412. The van der Waals surface area contributed by atoms with Crippen molar-refractivity contribution in [1.29, 1.82) is 0 Å². The number of carboxylic acids is 1. The molecule has 0 bridgehead atoms. The van der Waals surface area contributed by atoms with Crippen LogP contribution in [0.5, 0.6) is 0 Å². The van der Waals surface area contributed by atoms with E-state index in [4.69, 9.17) is 20.4 Å². The normalized spacial score (nSPS) is 16.1. The Bertz CT molecular complexity index is 656. The maximum absolute atomic E-state index is 11.9. The van der Waals surface area contributed by atoms with Crippen LogP contribution in [0.2, 0.25) is 0 Å². The average Bonchev–Trinajstić information content (AvgIpc) is 2.45. The molecule has 0 aliphatic heterocycles. The second-order valence-electron chi connectivity index (χ2n) is 6.20. The van der Waals surface area contributed by atoms with Gasteiger partial charge in [0.05, 0.1) is 11.9 Å². The van der Waals surface area contributed by atoms with Gasteiger partial charge in [-0.05, 0) is 27.2 Å². The maximum Gasteiger partial charge on any atom is 0.361 e. The number of hydrogen-bond donors (Lipinski definition) is 2. The smallest absolute Gasteiger partial charge is 0.361 e. The summed E-state index contributed by atoms with van der Waals surface area (Å²) in [5.74, 6) is -1.12. The predicted molar refractivity (Wildman–Crippen MR) is 90.6 cm³/mol. The summed E-state index contributed by atoms with van der Waals surface area (Å²) >= 11 is 0. The van der Waals surface area contributed by atoms with E-state index in [9.17, 15) is 4.79 Å². The predicted octanol–water partition coefficient (Wildman–Crippen LogP) is 2.70. The minimum absolute atomic E-state index is 0.0685. The molecule has 0 saturated carbocycles. The van der Waals surface area contributed by atoms with Crippen LogP contribution in [-0.4, -0.2) is 32.6 Å². The van der Waals surface area contributed by atoms with Gasteiger partial charge in [0, 0.05) is 12.8 Å². The Kier molecular flexibility index (Phi) is 6.64. The van der Waals surface area contributed by atoms with Crippen LogP contribution in [0.15, 0.2) is 30.5 Å². The van der Waals surface area contributed by atoms with Gasteiger partial charge in [0.1, 0.15) is 5.60 Å². The van der Waals surface area contributed by atoms with Crippen LogP contribution in [0.4, 0.5) is 5.82 Å². The molecule has 0 amide bonds. The number of anilines is 1. The third-order valence-electron chi connectivity index (χ3n) is 2.77. The van der Waals surface area contributed by atoms with Gasteiger partial charge >= 0.3 is 5.97 Å². The molecule has 1 atom stereocenters. The van der Waals surface area contributed by atoms with Crippen molar-refractivity contribution in [3.8, 4) is 0 Å². The lowest BCUT2D eigenvalue weighted by atomic mass is 9.98.